The molecule has 1 aromatic heterocycles. The summed E-state index contributed by atoms with van der Waals surface area (Å²) < 4.78 is 4.76. The number of nitrogens with zero attached hydrogens (tertiary/aromatic N) is 1. The third-order valence-corrected chi connectivity index (χ3v) is 3.16. The summed E-state index contributed by atoms with van der Waals surface area (Å²) in [5, 5.41) is 18.9. The van der Waals surface area contributed by atoms with Crippen molar-refractivity contribution in [1.82, 2.24) is 10.2 Å². The number of benzene rings is 1. The number of aliphatic hydroxyl groups is 1. The van der Waals surface area contributed by atoms with Crippen LogP contribution in [0.25, 0.3) is 0 Å². The first-order valence-electron chi connectivity index (χ1n) is 6.91. The predicted octanol–water partition coefficient (Wildman–Crippen LogP) is 1.68. The van der Waals surface area contributed by atoms with Crippen LogP contribution in [0.2, 0.25) is 0 Å². The van der Waals surface area contributed by atoms with Gasteiger partial charge in [-0.25, -0.2) is 9.89 Å². The molecule has 114 valence electrons. The van der Waals surface area contributed by atoms with Crippen LogP contribution in [0.15, 0.2) is 33.5 Å². The minimum absolute atomic E-state index is 0.0781. The summed E-state index contributed by atoms with van der Waals surface area (Å²) in [6.07, 6.45) is -0.500. The highest BCUT2D eigenvalue weighted by Crippen LogP contribution is 2.24. The second-order valence-corrected chi connectivity index (χ2v) is 6.08. The Hall–Kier alpha value is -2.08. The number of anilines is 1. The molecule has 1 heterocycles. The third-order valence-electron chi connectivity index (χ3n) is 3.16. The molecule has 6 heteroatoms. The average molecular weight is 291 g/mol. The van der Waals surface area contributed by atoms with Gasteiger partial charge in [-0.05, 0) is 23.1 Å². The summed E-state index contributed by atoms with van der Waals surface area (Å²) in [4.78, 5) is 10.8. The molecule has 0 radical (unpaired) electrons. The van der Waals surface area contributed by atoms with Crippen molar-refractivity contribution in [1.29, 1.82) is 0 Å². The van der Waals surface area contributed by atoms with Crippen molar-refractivity contribution < 1.29 is 9.52 Å². The molecule has 21 heavy (non-hydrogen) atoms. The van der Waals surface area contributed by atoms with E-state index in [9.17, 15) is 9.90 Å². The summed E-state index contributed by atoms with van der Waals surface area (Å²) in [7, 11) is 0. The molecule has 0 aliphatic heterocycles. The lowest BCUT2D eigenvalue weighted by molar-refractivity contribution is 0.177. The predicted molar refractivity (Wildman–Crippen MR) is 80.5 cm³/mol. The van der Waals surface area contributed by atoms with Crippen molar-refractivity contribution in [3.05, 3.63) is 46.3 Å². The normalized spacial score (nSPS) is 13.1. The monoisotopic (exact) mass is 291 g/mol. The van der Waals surface area contributed by atoms with Gasteiger partial charge in [-0.1, -0.05) is 32.9 Å². The Labute approximate surface area is 123 Å². The number of nitrogens with one attached hydrogen (secondary N) is 2. The first kappa shape index (κ1) is 15.3. The van der Waals surface area contributed by atoms with Crippen LogP contribution in [0.1, 0.15) is 32.2 Å². The van der Waals surface area contributed by atoms with E-state index in [1.54, 1.807) is 0 Å². The van der Waals surface area contributed by atoms with Gasteiger partial charge in [0, 0.05) is 12.2 Å². The molecule has 2 aromatic rings. The molecule has 0 spiro atoms. The fourth-order valence-corrected chi connectivity index (χ4v) is 1.95. The lowest BCUT2D eigenvalue weighted by Crippen LogP contribution is -2.22. The van der Waals surface area contributed by atoms with Gasteiger partial charge < -0.3 is 14.8 Å². The van der Waals surface area contributed by atoms with Crippen LogP contribution in [0.3, 0.4) is 0 Å². The molecule has 2 rings (SSSR count). The van der Waals surface area contributed by atoms with E-state index in [2.05, 4.69) is 48.4 Å². The van der Waals surface area contributed by atoms with Crippen LogP contribution in [-0.4, -0.2) is 28.0 Å². The van der Waals surface area contributed by atoms with E-state index in [0.29, 0.717) is 6.54 Å². The van der Waals surface area contributed by atoms with E-state index in [1.807, 2.05) is 12.1 Å². The average Bonchev–Trinajstić information content (AvgIpc) is 2.81. The molecule has 0 saturated heterocycles. The number of aliphatic hydroxyl groups excluding tert-OH is 1. The molecular weight excluding hydrogens is 270 g/mol. The quantitative estimate of drug-likeness (QED) is 0.779. The first-order valence-corrected chi connectivity index (χ1v) is 6.91. The zero-order valence-electron chi connectivity index (χ0n) is 12.5. The summed E-state index contributed by atoms with van der Waals surface area (Å²) in [6, 6.07) is 8.10. The minimum atomic E-state index is -0.685. The van der Waals surface area contributed by atoms with Gasteiger partial charge in [0.2, 0.25) is 5.89 Å². The fourth-order valence-electron chi connectivity index (χ4n) is 1.95. The van der Waals surface area contributed by atoms with Crippen molar-refractivity contribution in [2.75, 3.05) is 11.9 Å². The maximum atomic E-state index is 10.8. The Balaban J connectivity index is 1.92. The van der Waals surface area contributed by atoms with E-state index in [-0.39, 0.29) is 17.7 Å². The second-order valence-electron chi connectivity index (χ2n) is 6.08. The van der Waals surface area contributed by atoms with Crippen molar-refractivity contribution in [3.63, 3.8) is 0 Å². The van der Waals surface area contributed by atoms with Crippen LogP contribution in [0, 0.1) is 0 Å². The summed E-state index contributed by atoms with van der Waals surface area (Å²) >= 11 is 0. The molecule has 0 aliphatic rings. The molecule has 1 atom stereocenters. The fraction of sp³-hybridized carbons (Fsp3) is 0.467. The molecule has 0 fully saturated rings. The molecular formula is C15H21N3O3. The Morgan fingerprint density at radius 2 is 2.19 bits per heavy atom. The molecule has 3 N–H and O–H groups in total. The Kier molecular flexibility index (Phi) is 4.47. The third kappa shape index (κ3) is 4.46. The van der Waals surface area contributed by atoms with Gasteiger partial charge in [0.05, 0.1) is 12.5 Å². The van der Waals surface area contributed by atoms with Crippen molar-refractivity contribution in [3.8, 4) is 0 Å². The van der Waals surface area contributed by atoms with Gasteiger partial charge in [-0.2, -0.15) is 0 Å². The number of aromatic nitrogens is 2. The second kappa shape index (κ2) is 6.13. The maximum absolute atomic E-state index is 10.8. The van der Waals surface area contributed by atoms with Crippen molar-refractivity contribution >= 4 is 5.69 Å². The molecule has 0 saturated carbocycles. The van der Waals surface area contributed by atoms with Gasteiger partial charge in [0.1, 0.15) is 0 Å². The summed E-state index contributed by atoms with van der Waals surface area (Å²) in [5.74, 6) is -0.402. The zero-order valence-corrected chi connectivity index (χ0v) is 12.5. The highest BCUT2D eigenvalue weighted by Gasteiger charge is 2.14. The van der Waals surface area contributed by atoms with Crippen LogP contribution in [0.4, 0.5) is 5.69 Å². The van der Waals surface area contributed by atoms with E-state index >= 15 is 0 Å². The van der Waals surface area contributed by atoms with E-state index in [0.717, 1.165) is 5.69 Å². The SMILES string of the molecule is CC(C)(C)c1cccc(NCC(O)Cc2n[nH]c(=O)o2)c1. The number of hydrogen-bond donors (Lipinski definition) is 3. The number of H-pyrrole nitrogens is 1. The van der Waals surface area contributed by atoms with E-state index in [4.69, 9.17) is 4.42 Å². The first-order chi connectivity index (χ1) is 9.84. The molecule has 6 nitrogen and oxygen atoms in total. The molecule has 0 bridgehead atoms. The van der Waals surface area contributed by atoms with Gasteiger partial charge >= 0.3 is 5.76 Å². The largest absolute Gasteiger partial charge is 0.434 e. The summed E-state index contributed by atoms with van der Waals surface area (Å²) in [6.45, 7) is 6.81. The van der Waals surface area contributed by atoms with Crippen molar-refractivity contribution in [2.45, 2.75) is 38.7 Å². The van der Waals surface area contributed by atoms with Gasteiger partial charge in [-0.3, -0.25) is 0 Å². The van der Waals surface area contributed by atoms with Gasteiger partial charge in [0.15, 0.2) is 0 Å². The van der Waals surface area contributed by atoms with Crippen molar-refractivity contribution in [2.24, 2.45) is 0 Å². The van der Waals surface area contributed by atoms with Crippen LogP contribution >= 0.6 is 0 Å². The molecule has 0 aliphatic carbocycles. The smallest absolute Gasteiger partial charge is 0.392 e. The number of hydrogen-bond acceptors (Lipinski definition) is 5. The van der Waals surface area contributed by atoms with E-state index in [1.165, 1.54) is 5.56 Å². The lowest BCUT2D eigenvalue weighted by atomic mass is 9.87. The van der Waals surface area contributed by atoms with Gasteiger partial charge in [0.25, 0.3) is 0 Å². The Morgan fingerprint density at radius 3 is 2.81 bits per heavy atom. The maximum Gasteiger partial charge on any atom is 0.434 e. The minimum Gasteiger partial charge on any atom is -0.392 e. The van der Waals surface area contributed by atoms with Crippen LogP contribution < -0.4 is 11.1 Å². The van der Waals surface area contributed by atoms with E-state index < -0.39 is 11.9 Å². The van der Waals surface area contributed by atoms with Crippen LogP contribution in [-0.2, 0) is 11.8 Å². The molecule has 1 unspecified atom stereocenters. The Morgan fingerprint density at radius 1 is 1.43 bits per heavy atom. The topological polar surface area (TPSA) is 91.1 Å². The number of aromatic amines is 1. The highest BCUT2D eigenvalue weighted by atomic mass is 16.4. The summed E-state index contributed by atoms with van der Waals surface area (Å²) in [5.41, 5.74) is 2.25. The number of rotatable bonds is 5. The lowest BCUT2D eigenvalue weighted by Gasteiger charge is -2.20. The molecule has 1 aromatic carbocycles. The zero-order chi connectivity index (χ0) is 15.5. The Bertz CT molecular complexity index is 640. The highest BCUT2D eigenvalue weighted by molar-refractivity contribution is 5.47. The van der Waals surface area contributed by atoms with Gasteiger partial charge in [-0.15, -0.1) is 5.10 Å². The van der Waals surface area contributed by atoms with Crippen LogP contribution in [0.5, 0.6) is 0 Å². The molecule has 0 amide bonds. The standard InChI is InChI=1S/C15H21N3O3/c1-15(2,3)10-5-4-6-11(7-10)16-9-12(19)8-13-17-18-14(20)21-13/h4-7,12,16,19H,8-9H2,1-3H3,(H,18,20).